The zero-order chi connectivity index (χ0) is 11.4. The predicted molar refractivity (Wildman–Crippen MR) is 66.0 cm³/mol. The molecule has 0 bridgehead atoms. The van der Waals surface area contributed by atoms with Gasteiger partial charge < -0.3 is 5.32 Å². The highest BCUT2D eigenvalue weighted by molar-refractivity contribution is 9.10. The lowest BCUT2D eigenvalue weighted by atomic mass is 10.1. The van der Waals surface area contributed by atoms with Gasteiger partial charge in [-0.2, -0.15) is 0 Å². The monoisotopic (exact) mass is 289 g/mol. The average molecular weight is 291 g/mol. The molecule has 0 aliphatic carbocycles. The van der Waals surface area contributed by atoms with Crippen molar-refractivity contribution in [2.24, 2.45) is 0 Å². The molecular formula is C11H13BrClNO. The van der Waals surface area contributed by atoms with E-state index in [1.807, 2.05) is 31.2 Å². The van der Waals surface area contributed by atoms with E-state index in [2.05, 4.69) is 21.2 Å². The molecule has 2 atom stereocenters. The summed E-state index contributed by atoms with van der Waals surface area (Å²) >= 11 is 9.06. The number of carbonyl (C=O) groups is 1. The van der Waals surface area contributed by atoms with Gasteiger partial charge in [0.1, 0.15) is 5.38 Å². The highest BCUT2D eigenvalue weighted by atomic mass is 79.9. The SMILES string of the molecule is CC(Cl)C(=O)N[C@H](C)c1cccc(Br)c1. The molecule has 0 heterocycles. The van der Waals surface area contributed by atoms with Crippen molar-refractivity contribution in [2.45, 2.75) is 25.3 Å². The van der Waals surface area contributed by atoms with Crippen LogP contribution in [0.2, 0.25) is 0 Å². The summed E-state index contributed by atoms with van der Waals surface area (Å²) in [7, 11) is 0. The average Bonchev–Trinajstić information content (AvgIpc) is 2.17. The summed E-state index contributed by atoms with van der Waals surface area (Å²) in [6, 6.07) is 7.79. The molecule has 0 fully saturated rings. The molecule has 1 rings (SSSR count). The van der Waals surface area contributed by atoms with Gasteiger partial charge in [-0.1, -0.05) is 28.1 Å². The van der Waals surface area contributed by atoms with Gasteiger partial charge in [-0.3, -0.25) is 4.79 Å². The lowest BCUT2D eigenvalue weighted by Gasteiger charge is -2.15. The van der Waals surface area contributed by atoms with Crippen LogP contribution in [0.5, 0.6) is 0 Å². The summed E-state index contributed by atoms with van der Waals surface area (Å²) in [5.74, 6) is -0.149. The number of amides is 1. The number of nitrogens with one attached hydrogen (secondary N) is 1. The molecule has 2 nitrogen and oxygen atoms in total. The molecule has 0 aliphatic rings. The van der Waals surface area contributed by atoms with E-state index >= 15 is 0 Å². The maximum atomic E-state index is 11.4. The Hall–Kier alpha value is -0.540. The minimum absolute atomic E-state index is 0.0313. The Morgan fingerprint density at radius 1 is 1.47 bits per heavy atom. The summed E-state index contributed by atoms with van der Waals surface area (Å²) in [6.07, 6.45) is 0. The van der Waals surface area contributed by atoms with E-state index in [1.165, 1.54) is 0 Å². The van der Waals surface area contributed by atoms with Crippen molar-refractivity contribution in [2.75, 3.05) is 0 Å². The van der Waals surface area contributed by atoms with Gasteiger partial charge >= 0.3 is 0 Å². The van der Waals surface area contributed by atoms with E-state index in [0.29, 0.717) is 0 Å². The fourth-order valence-corrected chi connectivity index (χ4v) is 1.67. The number of alkyl halides is 1. The van der Waals surface area contributed by atoms with Gasteiger partial charge in [0.05, 0.1) is 6.04 Å². The minimum Gasteiger partial charge on any atom is -0.348 e. The first kappa shape index (κ1) is 12.5. The van der Waals surface area contributed by atoms with E-state index in [9.17, 15) is 4.79 Å². The van der Waals surface area contributed by atoms with Crippen LogP contribution in [0.15, 0.2) is 28.7 Å². The molecule has 0 aromatic heterocycles. The molecule has 1 N–H and O–H groups in total. The highest BCUT2D eigenvalue weighted by Gasteiger charge is 2.13. The first-order valence-electron chi connectivity index (χ1n) is 4.70. The molecular weight excluding hydrogens is 277 g/mol. The topological polar surface area (TPSA) is 29.1 Å². The van der Waals surface area contributed by atoms with Gasteiger partial charge in [0.15, 0.2) is 0 Å². The molecule has 0 saturated heterocycles. The lowest BCUT2D eigenvalue weighted by molar-refractivity contribution is -0.121. The Bertz CT molecular complexity index is 354. The zero-order valence-electron chi connectivity index (χ0n) is 8.63. The third kappa shape index (κ3) is 3.84. The largest absolute Gasteiger partial charge is 0.348 e. The van der Waals surface area contributed by atoms with Gasteiger partial charge in [-0.05, 0) is 31.5 Å². The summed E-state index contributed by atoms with van der Waals surface area (Å²) in [6.45, 7) is 3.59. The van der Waals surface area contributed by atoms with Crippen molar-refractivity contribution < 1.29 is 4.79 Å². The fraction of sp³-hybridized carbons (Fsp3) is 0.364. The maximum Gasteiger partial charge on any atom is 0.238 e. The fourth-order valence-electron chi connectivity index (χ4n) is 1.19. The van der Waals surface area contributed by atoms with Gasteiger partial charge in [-0.25, -0.2) is 0 Å². The number of rotatable bonds is 3. The quantitative estimate of drug-likeness (QED) is 0.851. The number of carbonyl (C=O) groups excluding carboxylic acids is 1. The van der Waals surface area contributed by atoms with Crippen LogP contribution >= 0.6 is 27.5 Å². The van der Waals surface area contributed by atoms with E-state index in [1.54, 1.807) is 6.92 Å². The van der Waals surface area contributed by atoms with Crippen molar-refractivity contribution in [3.8, 4) is 0 Å². The molecule has 82 valence electrons. The van der Waals surface area contributed by atoms with E-state index < -0.39 is 5.38 Å². The van der Waals surface area contributed by atoms with Crippen LogP contribution < -0.4 is 5.32 Å². The van der Waals surface area contributed by atoms with Crippen LogP contribution in [0.3, 0.4) is 0 Å². The standard InChI is InChI=1S/C11H13BrClNO/c1-7(13)11(15)14-8(2)9-4-3-5-10(12)6-9/h3-8H,1-2H3,(H,14,15)/t7?,8-/m1/s1. The number of halogens is 2. The van der Waals surface area contributed by atoms with Crippen LogP contribution in [0.1, 0.15) is 25.5 Å². The molecule has 0 aliphatic heterocycles. The van der Waals surface area contributed by atoms with Crippen molar-refractivity contribution in [1.29, 1.82) is 0 Å². The normalized spacial score (nSPS) is 14.4. The van der Waals surface area contributed by atoms with Crippen LogP contribution in [-0.2, 0) is 4.79 Å². The summed E-state index contributed by atoms with van der Waals surface area (Å²) in [5, 5.41) is 2.33. The van der Waals surface area contributed by atoms with Gasteiger partial charge in [0.2, 0.25) is 5.91 Å². The third-order valence-corrected chi connectivity index (χ3v) is 2.76. The van der Waals surface area contributed by atoms with Crippen LogP contribution in [-0.4, -0.2) is 11.3 Å². The second kappa shape index (κ2) is 5.52. The zero-order valence-corrected chi connectivity index (χ0v) is 11.0. The van der Waals surface area contributed by atoms with E-state index in [-0.39, 0.29) is 11.9 Å². The van der Waals surface area contributed by atoms with Gasteiger partial charge in [0.25, 0.3) is 0 Å². The second-order valence-corrected chi connectivity index (χ2v) is 4.97. The molecule has 1 aromatic carbocycles. The molecule has 0 spiro atoms. The summed E-state index contributed by atoms with van der Waals surface area (Å²) in [4.78, 5) is 11.4. The maximum absolute atomic E-state index is 11.4. The molecule has 0 radical (unpaired) electrons. The summed E-state index contributed by atoms with van der Waals surface area (Å²) < 4.78 is 1.00. The lowest BCUT2D eigenvalue weighted by Crippen LogP contribution is -2.31. The first-order chi connectivity index (χ1) is 7.00. The molecule has 1 amide bonds. The number of hydrogen-bond donors (Lipinski definition) is 1. The Morgan fingerprint density at radius 2 is 2.13 bits per heavy atom. The highest BCUT2D eigenvalue weighted by Crippen LogP contribution is 2.18. The Kier molecular flexibility index (Phi) is 4.61. The smallest absolute Gasteiger partial charge is 0.238 e. The number of benzene rings is 1. The van der Waals surface area contributed by atoms with Crippen molar-refractivity contribution in [3.63, 3.8) is 0 Å². The Labute approximate surface area is 103 Å². The Morgan fingerprint density at radius 3 is 2.67 bits per heavy atom. The Balaban J connectivity index is 2.69. The van der Waals surface area contributed by atoms with Crippen LogP contribution in [0.25, 0.3) is 0 Å². The minimum atomic E-state index is -0.500. The second-order valence-electron chi connectivity index (χ2n) is 3.40. The van der Waals surface area contributed by atoms with E-state index in [0.717, 1.165) is 10.0 Å². The molecule has 4 heteroatoms. The van der Waals surface area contributed by atoms with Crippen LogP contribution in [0.4, 0.5) is 0 Å². The van der Waals surface area contributed by atoms with Gasteiger partial charge in [0, 0.05) is 4.47 Å². The van der Waals surface area contributed by atoms with Crippen LogP contribution in [0, 0.1) is 0 Å². The summed E-state index contributed by atoms with van der Waals surface area (Å²) in [5.41, 5.74) is 1.05. The third-order valence-electron chi connectivity index (χ3n) is 2.07. The van der Waals surface area contributed by atoms with E-state index in [4.69, 9.17) is 11.6 Å². The van der Waals surface area contributed by atoms with Gasteiger partial charge in [-0.15, -0.1) is 11.6 Å². The molecule has 0 saturated carbocycles. The van der Waals surface area contributed by atoms with Crippen molar-refractivity contribution >= 4 is 33.4 Å². The molecule has 15 heavy (non-hydrogen) atoms. The number of hydrogen-bond acceptors (Lipinski definition) is 1. The molecule has 1 unspecified atom stereocenters. The predicted octanol–water partition coefficient (Wildman–Crippen LogP) is 3.25. The van der Waals surface area contributed by atoms with Crippen molar-refractivity contribution in [3.05, 3.63) is 34.3 Å². The first-order valence-corrected chi connectivity index (χ1v) is 5.93. The molecule has 1 aromatic rings. The van der Waals surface area contributed by atoms with Crippen molar-refractivity contribution in [1.82, 2.24) is 5.32 Å².